The fourth-order valence-corrected chi connectivity index (χ4v) is 4.18. The molecule has 0 aromatic rings. The zero-order valence-corrected chi connectivity index (χ0v) is 10.8. The minimum Gasteiger partial charge on any atom is -0.380 e. The Hall–Kier alpha value is -0.410. The van der Waals surface area contributed by atoms with Crippen molar-refractivity contribution >= 4 is 5.78 Å². The van der Waals surface area contributed by atoms with Crippen LogP contribution in [0.2, 0.25) is 0 Å². The van der Waals surface area contributed by atoms with Crippen molar-refractivity contribution in [3.8, 4) is 0 Å². The van der Waals surface area contributed by atoms with E-state index in [1.165, 1.54) is 32.1 Å². The molecule has 0 aliphatic carbocycles. The number of fused-ring (bicyclic) bond motifs is 2. The van der Waals surface area contributed by atoms with Crippen LogP contribution in [-0.2, 0) is 9.53 Å². The summed E-state index contributed by atoms with van der Waals surface area (Å²) in [6.07, 6.45) is 7.68. The predicted molar refractivity (Wildman–Crippen MR) is 66.0 cm³/mol. The van der Waals surface area contributed by atoms with Crippen molar-refractivity contribution in [2.45, 2.75) is 69.5 Å². The number of piperidine rings is 2. The van der Waals surface area contributed by atoms with E-state index in [1.807, 2.05) is 0 Å². The smallest absolute Gasteiger partial charge is 0.136 e. The summed E-state index contributed by atoms with van der Waals surface area (Å²) in [6.45, 7) is 4.11. The Balaban J connectivity index is 1.83. The van der Waals surface area contributed by atoms with Crippen LogP contribution >= 0.6 is 0 Å². The third kappa shape index (κ3) is 2.04. The number of rotatable bonds is 1. The monoisotopic (exact) mass is 237 g/mol. The number of carbonyl (C=O) groups is 1. The van der Waals surface area contributed by atoms with Gasteiger partial charge in [-0.05, 0) is 32.6 Å². The van der Waals surface area contributed by atoms with Gasteiger partial charge in [0.2, 0.25) is 0 Å². The lowest BCUT2D eigenvalue weighted by Gasteiger charge is -2.55. The number of carbonyl (C=O) groups excluding carboxylic acids is 1. The molecular weight excluding hydrogens is 214 g/mol. The average Bonchev–Trinajstić information content (AvgIpc) is 2.28. The highest BCUT2D eigenvalue weighted by molar-refractivity contribution is 5.80. The molecule has 17 heavy (non-hydrogen) atoms. The summed E-state index contributed by atoms with van der Waals surface area (Å²) < 4.78 is 5.70. The number of nitrogens with zero attached hydrogens (tertiary/aromatic N) is 1. The van der Waals surface area contributed by atoms with Crippen LogP contribution in [0.4, 0.5) is 0 Å². The topological polar surface area (TPSA) is 29.5 Å². The van der Waals surface area contributed by atoms with E-state index in [2.05, 4.69) is 11.8 Å². The van der Waals surface area contributed by atoms with Crippen LogP contribution in [0.5, 0.6) is 0 Å². The van der Waals surface area contributed by atoms with E-state index in [9.17, 15) is 4.79 Å². The maximum atomic E-state index is 11.8. The van der Waals surface area contributed by atoms with Crippen molar-refractivity contribution in [1.82, 2.24) is 4.90 Å². The van der Waals surface area contributed by atoms with Gasteiger partial charge >= 0.3 is 0 Å². The van der Waals surface area contributed by atoms with Crippen molar-refractivity contribution < 1.29 is 9.53 Å². The summed E-state index contributed by atoms with van der Waals surface area (Å²) in [4.78, 5) is 14.4. The first kappa shape index (κ1) is 11.7. The standard InChI is InChI=1S/C14H23NO2/c1-14(6-3-7-17-10-14)15-11-4-2-5-12(15)9-13(16)8-11/h11-12H,2-10H2,1H3. The quantitative estimate of drug-likeness (QED) is 0.700. The Labute approximate surface area is 104 Å². The number of hydrogen-bond donors (Lipinski definition) is 0. The number of ketones is 1. The fourth-order valence-electron chi connectivity index (χ4n) is 4.18. The van der Waals surface area contributed by atoms with Crippen LogP contribution in [0.15, 0.2) is 0 Å². The molecule has 0 amide bonds. The molecule has 2 bridgehead atoms. The zero-order valence-electron chi connectivity index (χ0n) is 10.8. The average molecular weight is 237 g/mol. The molecular formula is C14H23NO2. The fraction of sp³-hybridized carbons (Fsp3) is 0.929. The molecule has 3 unspecified atom stereocenters. The van der Waals surface area contributed by atoms with Crippen LogP contribution in [0.3, 0.4) is 0 Å². The van der Waals surface area contributed by atoms with Gasteiger partial charge in [-0.15, -0.1) is 0 Å². The molecule has 0 aromatic carbocycles. The SMILES string of the molecule is CC1(N2C3CCCC2CC(=O)C3)CCCOC1. The second kappa shape index (κ2) is 4.36. The number of ether oxygens (including phenoxy) is 1. The molecule has 3 fully saturated rings. The van der Waals surface area contributed by atoms with E-state index < -0.39 is 0 Å². The van der Waals surface area contributed by atoms with Gasteiger partial charge in [-0.1, -0.05) is 6.42 Å². The van der Waals surface area contributed by atoms with Gasteiger partial charge in [0.05, 0.1) is 6.61 Å². The van der Waals surface area contributed by atoms with Crippen LogP contribution in [0.1, 0.15) is 51.9 Å². The summed E-state index contributed by atoms with van der Waals surface area (Å²) in [5, 5.41) is 0. The van der Waals surface area contributed by atoms with E-state index in [-0.39, 0.29) is 5.54 Å². The maximum Gasteiger partial charge on any atom is 0.136 e. The molecule has 3 saturated heterocycles. The normalized spacial score (nSPS) is 43.7. The third-order valence-corrected chi connectivity index (χ3v) is 4.83. The lowest BCUT2D eigenvalue weighted by Crippen LogP contribution is -2.64. The molecule has 3 aliphatic heterocycles. The Bertz CT molecular complexity index is 293. The zero-order chi connectivity index (χ0) is 11.9. The van der Waals surface area contributed by atoms with Gasteiger partial charge in [-0.3, -0.25) is 9.69 Å². The molecule has 3 heteroatoms. The Morgan fingerprint density at radius 3 is 2.53 bits per heavy atom. The number of Topliss-reactive ketones (excluding diaryl/α,β-unsaturated/α-hetero) is 1. The molecule has 3 nitrogen and oxygen atoms in total. The van der Waals surface area contributed by atoms with E-state index in [4.69, 9.17) is 4.74 Å². The molecule has 3 heterocycles. The van der Waals surface area contributed by atoms with Gasteiger partial charge in [0.1, 0.15) is 5.78 Å². The van der Waals surface area contributed by atoms with Gasteiger partial charge in [-0.25, -0.2) is 0 Å². The summed E-state index contributed by atoms with van der Waals surface area (Å²) >= 11 is 0. The van der Waals surface area contributed by atoms with E-state index in [1.54, 1.807) is 0 Å². The molecule has 0 saturated carbocycles. The van der Waals surface area contributed by atoms with Crippen LogP contribution < -0.4 is 0 Å². The second-order valence-corrected chi connectivity index (χ2v) is 6.25. The van der Waals surface area contributed by atoms with E-state index in [0.717, 1.165) is 26.1 Å². The molecule has 0 radical (unpaired) electrons. The molecule has 3 atom stereocenters. The molecule has 0 spiro atoms. The van der Waals surface area contributed by atoms with Gasteiger partial charge in [0.25, 0.3) is 0 Å². The van der Waals surface area contributed by atoms with Crippen molar-refractivity contribution in [2.24, 2.45) is 0 Å². The van der Waals surface area contributed by atoms with Crippen molar-refractivity contribution in [3.05, 3.63) is 0 Å². The van der Waals surface area contributed by atoms with Crippen LogP contribution in [0.25, 0.3) is 0 Å². The Kier molecular flexibility index (Phi) is 2.99. The Morgan fingerprint density at radius 2 is 1.94 bits per heavy atom. The lowest BCUT2D eigenvalue weighted by atomic mass is 9.78. The highest BCUT2D eigenvalue weighted by Gasteiger charge is 2.47. The summed E-state index contributed by atoms with van der Waals surface area (Å²) in [7, 11) is 0. The maximum absolute atomic E-state index is 11.8. The van der Waals surface area contributed by atoms with Crippen molar-refractivity contribution in [2.75, 3.05) is 13.2 Å². The first-order valence-electron chi connectivity index (χ1n) is 7.07. The summed E-state index contributed by atoms with van der Waals surface area (Å²) in [5.74, 6) is 0.483. The third-order valence-electron chi connectivity index (χ3n) is 4.83. The number of hydrogen-bond acceptors (Lipinski definition) is 3. The first-order valence-corrected chi connectivity index (χ1v) is 7.07. The highest BCUT2D eigenvalue weighted by Crippen LogP contribution is 2.40. The Morgan fingerprint density at radius 1 is 1.24 bits per heavy atom. The molecule has 0 aromatic heterocycles. The molecule has 3 rings (SSSR count). The van der Waals surface area contributed by atoms with Gasteiger partial charge in [0.15, 0.2) is 0 Å². The van der Waals surface area contributed by atoms with Gasteiger partial charge < -0.3 is 4.74 Å². The minimum atomic E-state index is 0.189. The van der Waals surface area contributed by atoms with Gasteiger partial charge in [0, 0.05) is 37.1 Å². The largest absolute Gasteiger partial charge is 0.380 e. The molecule has 0 N–H and O–H groups in total. The minimum absolute atomic E-state index is 0.189. The van der Waals surface area contributed by atoms with Crippen molar-refractivity contribution in [3.63, 3.8) is 0 Å². The predicted octanol–water partition coefficient (Wildman–Crippen LogP) is 2.14. The van der Waals surface area contributed by atoms with Gasteiger partial charge in [-0.2, -0.15) is 0 Å². The lowest BCUT2D eigenvalue weighted by molar-refractivity contribution is -0.140. The highest BCUT2D eigenvalue weighted by atomic mass is 16.5. The molecule has 96 valence electrons. The van der Waals surface area contributed by atoms with E-state index >= 15 is 0 Å². The summed E-state index contributed by atoms with van der Waals surface area (Å²) in [5.41, 5.74) is 0.189. The first-order chi connectivity index (χ1) is 8.19. The van der Waals surface area contributed by atoms with Crippen LogP contribution in [0, 0.1) is 0 Å². The second-order valence-electron chi connectivity index (χ2n) is 6.25. The van der Waals surface area contributed by atoms with Crippen molar-refractivity contribution in [1.29, 1.82) is 0 Å². The van der Waals surface area contributed by atoms with Crippen LogP contribution in [-0.4, -0.2) is 41.5 Å². The van der Waals surface area contributed by atoms with E-state index in [0.29, 0.717) is 17.9 Å². The molecule has 3 aliphatic rings. The summed E-state index contributed by atoms with van der Waals surface area (Å²) in [6, 6.07) is 1.00.